The van der Waals surface area contributed by atoms with Gasteiger partial charge in [-0.05, 0) is 6.42 Å². The molecule has 4 nitrogen and oxygen atoms in total. The Morgan fingerprint density at radius 1 is 1.54 bits per heavy atom. The van der Waals surface area contributed by atoms with Crippen LogP contribution in [0.25, 0.3) is 0 Å². The zero-order valence-corrected chi connectivity index (χ0v) is 6.81. The molecule has 1 aromatic heterocycles. The molecular formula is C7H9F2N3O. The molecule has 1 atom stereocenters. The van der Waals surface area contributed by atoms with Crippen molar-refractivity contribution in [3.63, 3.8) is 0 Å². The summed E-state index contributed by atoms with van der Waals surface area (Å²) in [5.74, 6) is -2.56. The number of halogens is 2. The third-order valence-corrected chi connectivity index (χ3v) is 2.31. The average molecular weight is 189 g/mol. The third kappa shape index (κ3) is 1.61. The van der Waals surface area contributed by atoms with E-state index in [0.717, 1.165) is 0 Å². The average Bonchev–Trinajstić information content (AvgIpc) is 2.56. The predicted molar refractivity (Wildman–Crippen MR) is 40.7 cm³/mol. The summed E-state index contributed by atoms with van der Waals surface area (Å²) in [6, 6.07) is 0. The number of alkyl halides is 2. The molecule has 1 saturated carbocycles. The third-order valence-electron chi connectivity index (χ3n) is 2.31. The van der Waals surface area contributed by atoms with E-state index in [4.69, 9.17) is 0 Å². The fourth-order valence-electron chi connectivity index (χ4n) is 1.66. The molecule has 6 heteroatoms. The topological polar surface area (TPSA) is 61.5 Å². The van der Waals surface area contributed by atoms with Crippen molar-refractivity contribution in [2.75, 3.05) is 0 Å². The summed E-state index contributed by atoms with van der Waals surface area (Å²) in [5.41, 5.74) is -0.440. The van der Waals surface area contributed by atoms with Crippen LogP contribution < -0.4 is 5.69 Å². The molecule has 2 rings (SSSR count). The standard InChI is InChI=1S/C7H9F2N3O/c8-7(9)2-1-4(3-7)5-10-6(13)12-11-5/h4H,1-3H2,(H2,10,11,12,13). The number of nitrogens with zero attached hydrogens (tertiary/aromatic N) is 1. The lowest BCUT2D eigenvalue weighted by Gasteiger charge is -2.06. The van der Waals surface area contributed by atoms with Crippen molar-refractivity contribution in [2.45, 2.75) is 31.1 Å². The summed E-state index contributed by atoms with van der Waals surface area (Å²) >= 11 is 0. The van der Waals surface area contributed by atoms with E-state index < -0.39 is 11.6 Å². The van der Waals surface area contributed by atoms with Crippen molar-refractivity contribution in [1.29, 1.82) is 0 Å². The molecule has 0 saturated heterocycles. The van der Waals surface area contributed by atoms with Gasteiger partial charge < -0.3 is 0 Å². The molecule has 1 aromatic rings. The van der Waals surface area contributed by atoms with E-state index in [1.54, 1.807) is 0 Å². The first-order valence-electron chi connectivity index (χ1n) is 4.09. The molecule has 0 amide bonds. The lowest BCUT2D eigenvalue weighted by molar-refractivity contribution is 0.00755. The summed E-state index contributed by atoms with van der Waals surface area (Å²) in [4.78, 5) is 13.0. The van der Waals surface area contributed by atoms with E-state index in [1.807, 2.05) is 0 Å². The number of hydrogen-bond donors (Lipinski definition) is 2. The summed E-state index contributed by atoms with van der Waals surface area (Å²) in [5, 5.41) is 5.80. The van der Waals surface area contributed by atoms with E-state index in [9.17, 15) is 13.6 Å². The molecule has 0 bridgehead atoms. The summed E-state index contributed by atoms with van der Waals surface area (Å²) < 4.78 is 25.5. The minimum absolute atomic E-state index is 0.118. The molecule has 1 unspecified atom stereocenters. The molecule has 72 valence electrons. The fraction of sp³-hybridized carbons (Fsp3) is 0.714. The fourth-order valence-corrected chi connectivity index (χ4v) is 1.66. The molecule has 2 N–H and O–H groups in total. The largest absolute Gasteiger partial charge is 0.340 e. The molecule has 1 heterocycles. The van der Waals surface area contributed by atoms with Gasteiger partial charge in [-0.3, -0.25) is 4.98 Å². The predicted octanol–water partition coefficient (Wildman–Crippen LogP) is 1.00. The Labute approximate surface area is 72.4 Å². The number of aromatic amines is 2. The van der Waals surface area contributed by atoms with Gasteiger partial charge in [0.05, 0.1) is 0 Å². The Hall–Kier alpha value is -1.20. The highest BCUT2D eigenvalue weighted by atomic mass is 19.3. The molecule has 0 spiro atoms. The Morgan fingerprint density at radius 2 is 2.31 bits per heavy atom. The van der Waals surface area contributed by atoms with E-state index in [1.165, 1.54) is 0 Å². The maximum atomic E-state index is 12.8. The van der Waals surface area contributed by atoms with Gasteiger partial charge in [0.2, 0.25) is 5.92 Å². The monoisotopic (exact) mass is 189 g/mol. The van der Waals surface area contributed by atoms with E-state index in [0.29, 0.717) is 12.2 Å². The van der Waals surface area contributed by atoms with E-state index in [-0.39, 0.29) is 18.8 Å². The smallest absolute Gasteiger partial charge is 0.293 e. The molecule has 1 aliphatic rings. The highest BCUT2D eigenvalue weighted by Crippen LogP contribution is 2.42. The number of nitrogens with one attached hydrogen (secondary N) is 2. The molecule has 13 heavy (non-hydrogen) atoms. The molecule has 0 aromatic carbocycles. The van der Waals surface area contributed by atoms with Crippen LogP contribution in [0.5, 0.6) is 0 Å². The second-order valence-electron chi connectivity index (χ2n) is 3.36. The Bertz CT molecular complexity index is 357. The molecule has 0 radical (unpaired) electrons. The van der Waals surface area contributed by atoms with Gasteiger partial charge in [-0.15, -0.1) is 0 Å². The van der Waals surface area contributed by atoms with Crippen LogP contribution in [0.3, 0.4) is 0 Å². The van der Waals surface area contributed by atoms with Crippen LogP contribution in [0.4, 0.5) is 8.78 Å². The zero-order valence-electron chi connectivity index (χ0n) is 6.81. The molecule has 1 fully saturated rings. The zero-order chi connectivity index (χ0) is 9.47. The van der Waals surface area contributed by atoms with Crippen LogP contribution in [0, 0.1) is 0 Å². The first-order chi connectivity index (χ1) is 6.07. The first-order valence-corrected chi connectivity index (χ1v) is 4.09. The molecule has 1 aliphatic carbocycles. The van der Waals surface area contributed by atoms with Gasteiger partial charge in [0, 0.05) is 18.8 Å². The number of aromatic nitrogens is 3. The van der Waals surface area contributed by atoms with Crippen LogP contribution >= 0.6 is 0 Å². The van der Waals surface area contributed by atoms with E-state index >= 15 is 0 Å². The molecule has 0 aliphatic heterocycles. The Kier molecular flexibility index (Phi) is 1.71. The Balaban J connectivity index is 2.17. The van der Waals surface area contributed by atoms with Gasteiger partial charge in [0.25, 0.3) is 0 Å². The summed E-state index contributed by atoms with van der Waals surface area (Å²) in [6.45, 7) is 0. The van der Waals surface area contributed by atoms with Gasteiger partial charge in [0.15, 0.2) is 0 Å². The SMILES string of the molecule is O=c1[nH]nc(C2CCC(F)(F)C2)[nH]1. The van der Waals surface area contributed by atoms with Crippen molar-refractivity contribution in [1.82, 2.24) is 15.2 Å². The van der Waals surface area contributed by atoms with Crippen LogP contribution in [0.15, 0.2) is 4.79 Å². The number of H-pyrrole nitrogens is 2. The maximum absolute atomic E-state index is 12.8. The van der Waals surface area contributed by atoms with Crippen molar-refractivity contribution in [2.24, 2.45) is 0 Å². The minimum atomic E-state index is -2.60. The number of rotatable bonds is 1. The maximum Gasteiger partial charge on any atom is 0.340 e. The van der Waals surface area contributed by atoms with Crippen molar-refractivity contribution in [3.8, 4) is 0 Å². The van der Waals surface area contributed by atoms with Gasteiger partial charge >= 0.3 is 5.69 Å². The van der Waals surface area contributed by atoms with Gasteiger partial charge in [-0.1, -0.05) is 0 Å². The highest BCUT2D eigenvalue weighted by Gasteiger charge is 2.41. The lowest BCUT2D eigenvalue weighted by Crippen LogP contribution is -2.10. The van der Waals surface area contributed by atoms with Crippen LogP contribution in [-0.4, -0.2) is 21.1 Å². The Morgan fingerprint density at radius 3 is 2.77 bits per heavy atom. The van der Waals surface area contributed by atoms with Crippen molar-refractivity contribution < 1.29 is 8.78 Å². The van der Waals surface area contributed by atoms with Crippen LogP contribution in [0.1, 0.15) is 31.0 Å². The quantitative estimate of drug-likeness (QED) is 0.692. The summed E-state index contributed by atoms with van der Waals surface area (Å²) in [7, 11) is 0. The van der Waals surface area contributed by atoms with Gasteiger partial charge in [-0.25, -0.2) is 18.7 Å². The highest BCUT2D eigenvalue weighted by molar-refractivity contribution is 5.00. The normalized spacial score (nSPS) is 26.5. The first kappa shape index (κ1) is 8.40. The van der Waals surface area contributed by atoms with Crippen LogP contribution in [-0.2, 0) is 0 Å². The van der Waals surface area contributed by atoms with Crippen LogP contribution in [0.2, 0.25) is 0 Å². The van der Waals surface area contributed by atoms with Crippen molar-refractivity contribution in [3.05, 3.63) is 16.3 Å². The molecular weight excluding hydrogens is 180 g/mol. The minimum Gasteiger partial charge on any atom is -0.293 e. The van der Waals surface area contributed by atoms with Crippen molar-refractivity contribution >= 4 is 0 Å². The second kappa shape index (κ2) is 2.65. The van der Waals surface area contributed by atoms with Gasteiger partial charge in [-0.2, -0.15) is 5.10 Å². The van der Waals surface area contributed by atoms with E-state index in [2.05, 4.69) is 15.2 Å². The number of hydrogen-bond acceptors (Lipinski definition) is 2. The van der Waals surface area contributed by atoms with Gasteiger partial charge in [0.1, 0.15) is 5.82 Å². The summed E-state index contributed by atoms with van der Waals surface area (Å²) in [6.07, 6.45) is 0.0497. The second-order valence-corrected chi connectivity index (χ2v) is 3.36. The lowest BCUT2D eigenvalue weighted by atomic mass is 10.1.